The van der Waals surface area contributed by atoms with E-state index in [1.165, 1.54) is 49.4 Å². The molecule has 0 saturated carbocycles. The van der Waals surface area contributed by atoms with Crippen LogP contribution in [0.25, 0.3) is 100 Å². The van der Waals surface area contributed by atoms with E-state index in [1.54, 1.807) is 0 Å². The van der Waals surface area contributed by atoms with E-state index in [0.717, 1.165) is 33.4 Å². The molecule has 0 spiro atoms. The molecule has 0 aliphatic heterocycles. The van der Waals surface area contributed by atoms with Gasteiger partial charge in [0.25, 0.3) is 0 Å². The average molecular weight is 715 g/mol. The fourth-order valence-electron chi connectivity index (χ4n) is 7.44. The molecule has 0 bridgehead atoms. The highest BCUT2D eigenvalue weighted by Gasteiger charge is 2.13. The summed E-state index contributed by atoms with van der Waals surface area (Å²) in [5.41, 5.74) is 12.1. The van der Waals surface area contributed by atoms with Crippen molar-refractivity contribution >= 4 is 21.5 Å². The van der Waals surface area contributed by atoms with E-state index in [2.05, 4.69) is 163 Å². The molecule has 0 aliphatic carbocycles. The topological polar surface area (TPSA) is 51.6 Å². The summed E-state index contributed by atoms with van der Waals surface area (Å²) in [6.07, 6.45) is 3.80. The summed E-state index contributed by atoms with van der Waals surface area (Å²) in [7, 11) is 0. The van der Waals surface area contributed by atoms with Crippen LogP contribution < -0.4 is 0 Å². The first-order chi connectivity index (χ1) is 27.7. The number of hydrogen-bond acceptors (Lipinski definition) is 4. The van der Waals surface area contributed by atoms with Gasteiger partial charge < -0.3 is 0 Å². The van der Waals surface area contributed by atoms with E-state index >= 15 is 0 Å². The quantitative estimate of drug-likeness (QED) is 0.154. The SMILES string of the molecule is c1ccc(-c2ccc(-c3nc(-c4ccccc4)nc(-c4ccc(-c5cccc(-c6cccc(-c7ccc8c(ccc9ccncc98)c7)c6)c5)cc4)n3)cc2)cc1. The Morgan fingerprint density at radius 1 is 0.250 bits per heavy atom. The highest BCUT2D eigenvalue weighted by atomic mass is 15.0. The van der Waals surface area contributed by atoms with Gasteiger partial charge >= 0.3 is 0 Å². The van der Waals surface area contributed by atoms with Gasteiger partial charge in [-0.15, -0.1) is 0 Å². The van der Waals surface area contributed by atoms with Gasteiger partial charge in [-0.3, -0.25) is 4.98 Å². The van der Waals surface area contributed by atoms with Crippen molar-refractivity contribution in [3.63, 3.8) is 0 Å². The van der Waals surface area contributed by atoms with E-state index in [0.29, 0.717) is 17.5 Å². The Bertz CT molecular complexity index is 2990. The maximum absolute atomic E-state index is 5.00. The molecule has 2 aromatic heterocycles. The maximum atomic E-state index is 5.00. The van der Waals surface area contributed by atoms with Gasteiger partial charge in [0.05, 0.1) is 0 Å². The first-order valence-electron chi connectivity index (χ1n) is 18.8. The molecule has 0 atom stereocenters. The van der Waals surface area contributed by atoms with Crippen LogP contribution in [-0.2, 0) is 0 Å². The minimum absolute atomic E-state index is 0.636. The normalized spacial score (nSPS) is 11.2. The third-order valence-corrected chi connectivity index (χ3v) is 10.4. The van der Waals surface area contributed by atoms with Crippen molar-refractivity contribution in [2.75, 3.05) is 0 Å². The number of hydrogen-bond donors (Lipinski definition) is 0. The monoisotopic (exact) mass is 714 g/mol. The molecule has 262 valence electrons. The highest BCUT2D eigenvalue weighted by Crippen LogP contribution is 2.34. The van der Waals surface area contributed by atoms with Gasteiger partial charge in [-0.25, -0.2) is 15.0 Å². The summed E-state index contributed by atoms with van der Waals surface area (Å²) in [5.74, 6) is 1.92. The largest absolute Gasteiger partial charge is 0.264 e. The summed E-state index contributed by atoms with van der Waals surface area (Å²) in [5, 5.41) is 4.81. The molecular weight excluding hydrogens is 681 g/mol. The molecule has 0 saturated heterocycles. The number of rotatable bonds is 7. The lowest BCUT2D eigenvalue weighted by Crippen LogP contribution is -2.00. The standard InChI is InChI=1S/C52H34N4/c1-3-9-35(10-4-1)36-17-22-40(23-18-36)51-54-50(39-11-5-2-6-12-39)55-52(56-51)41-24-19-37(20-25-41)42-13-7-14-43(31-42)44-15-8-16-45(32-44)46-27-28-48-47(33-46)26-21-38-29-30-53-34-49(38)48/h1-34H. The Labute approximate surface area is 325 Å². The van der Waals surface area contributed by atoms with Crippen molar-refractivity contribution in [3.8, 4) is 78.7 Å². The lowest BCUT2D eigenvalue weighted by molar-refractivity contribution is 1.07. The van der Waals surface area contributed by atoms with Crippen LogP contribution >= 0.6 is 0 Å². The number of aromatic nitrogens is 4. The van der Waals surface area contributed by atoms with Crippen molar-refractivity contribution < 1.29 is 0 Å². The van der Waals surface area contributed by atoms with Crippen LogP contribution in [0.15, 0.2) is 207 Å². The molecule has 0 fully saturated rings. The van der Waals surface area contributed by atoms with E-state index in [-0.39, 0.29) is 0 Å². The smallest absolute Gasteiger partial charge is 0.164 e. The molecule has 0 aliphatic rings. The number of nitrogens with zero attached hydrogens (tertiary/aromatic N) is 4. The molecule has 10 rings (SSSR count). The van der Waals surface area contributed by atoms with Crippen molar-refractivity contribution in [3.05, 3.63) is 207 Å². The molecule has 8 aromatic carbocycles. The van der Waals surface area contributed by atoms with Crippen LogP contribution in [0.1, 0.15) is 0 Å². The third kappa shape index (κ3) is 6.50. The van der Waals surface area contributed by atoms with Crippen LogP contribution in [-0.4, -0.2) is 19.9 Å². The number of benzene rings is 8. The van der Waals surface area contributed by atoms with E-state index < -0.39 is 0 Å². The summed E-state index contributed by atoms with van der Waals surface area (Å²) in [4.78, 5) is 19.3. The zero-order chi connectivity index (χ0) is 37.3. The van der Waals surface area contributed by atoms with Crippen LogP contribution in [0.5, 0.6) is 0 Å². The van der Waals surface area contributed by atoms with Gasteiger partial charge in [-0.1, -0.05) is 170 Å². The molecular formula is C52H34N4. The summed E-state index contributed by atoms with van der Waals surface area (Å²) < 4.78 is 0. The zero-order valence-electron chi connectivity index (χ0n) is 30.4. The van der Waals surface area contributed by atoms with Gasteiger partial charge in [-0.05, 0) is 84.9 Å². The van der Waals surface area contributed by atoms with Crippen LogP contribution in [0.4, 0.5) is 0 Å². The second kappa shape index (κ2) is 14.3. The molecule has 0 amide bonds. The fraction of sp³-hybridized carbons (Fsp3) is 0. The van der Waals surface area contributed by atoms with Gasteiger partial charge in [-0.2, -0.15) is 0 Å². The Balaban J connectivity index is 0.949. The van der Waals surface area contributed by atoms with Crippen molar-refractivity contribution in [2.45, 2.75) is 0 Å². The number of pyridine rings is 1. The highest BCUT2D eigenvalue weighted by molar-refractivity contribution is 6.08. The molecule has 4 heteroatoms. The second-order valence-electron chi connectivity index (χ2n) is 14.0. The molecule has 0 radical (unpaired) electrons. The Kier molecular flexibility index (Phi) is 8.47. The zero-order valence-corrected chi connectivity index (χ0v) is 30.4. The van der Waals surface area contributed by atoms with Crippen LogP contribution in [0.2, 0.25) is 0 Å². The summed E-state index contributed by atoms with van der Waals surface area (Å²) >= 11 is 0. The first-order valence-corrected chi connectivity index (χ1v) is 18.8. The predicted octanol–water partition coefficient (Wildman–Crippen LogP) is 13.2. The van der Waals surface area contributed by atoms with Crippen molar-refractivity contribution in [1.82, 2.24) is 19.9 Å². The van der Waals surface area contributed by atoms with E-state index in [4.69, 9.17) is 15.0 Å². The van der Waals surface area contributed by atoms with Gasteiger partial charge in [0.15, 0.2) is 17.5 Å². The third-order valence-electron chi connectivity index (χ3n) is 10.4. The molecule has 0 unspecified atom stereocenters. The van der Waals surface area contributed by atoms with E-state index in [1.807, 2.05) is 48.8 Å². The van der Waals surface area contributed by atoms with Crippen molar-refractivity contribution in [1.29, 1.82) is 0 Å². The minimum atomic E-state index is 0.636. The molecule has 56 heavy (non-hydrogen) atoms. The fourth-order valence-corrected chi connectivity index (χ4v) is 7.44. The van der Waals surface area contributed by atoms with Gasteiger partial charge in [0.1, 0.15) is 0 Å². The second-order valence-corrected chi connectivity index (χ2v) is 14.0. The van der Waals surface area contributed by atoms with Gasteiger partial charge in [0, 0.05) is 34.5 Å². The summed E-state index contributed by atoms with van der Waals surface area (Å²) in [6.45, 7) is 0. The van der Waals surface area contributed by atoms with Crippen LogP contribution in [0.3, 0.4) is 0 Å². The Hall–Kier alpha value is -7.56. The lowest BCUT2D eigenvalue weighted by atomic mass is 9.94. The minimum Gasteiger partial charge on any atom is -0.264 e. The molecule has 10 aromatic rings. The Morgan fingerprint density at radius 2 is 0.643 bits per heavy atom. The first kappa shape index (κ1) is 33.0. The van der Waals surface area contributed by atoms with Crippen LogP contribution in [0, 0.1) is 0 Å². The molecule has 2 heterocycles. The average Bonchev–Trinajstić information content (AvgIpc) is 3.29. The lowest BCUT2D eigenvalue weighted by Gasteiger charge is -2.11. The van der Waals surface area contributed by atoms with Crippen molar-refractivity contribution in [2.24, 2.45) is 0 Å². The molecule has 4 nitrogen and oxygen atoms in total. The molecule has 0 N–H and O–H groups in total. The summed E-state index contributed by atoms with van der Waals surface area (Å²) in [6, 6.07) is 68.1. The van der Waals surface area contributed by atoms with E-state index in [9.17, 15) is 0 Å². The predicted molar refractivity (Wildman–Crippen MR) is 231 cm³/mol. The number of fused-ring (bicyclic) bond motifs is 3. The van der Waals surface area contributed by atoms with Gasteiger partial charge in [0.2, 0.25) is 0 Å². The maximum Gasteiger partial charge on any atom is 0.164 e. The Morgan fingerprint density at radius 3 is 1.21 bits per heavy atom.